The van der Waals surface area contributed by atoms with Gasteiger partial charge in [0.05, 0.1) is 0 Å². The largest absolute Gasteiger partial charge is 0.476 e. The molecule has 0 bridgehead atoms. The molecule has 24 heavy (non-hydrogen) atoms. The second kappa shape index (κ2) is 8.71. The Balaban J connectivity index is 0.00000208. The number of benzene rings is 2. The van der Waals surface area contributed by atoms with E-state index in [0.29, 0.717) is 18.8 Å². The Kier molecular flexibility index (Phi) is 6.64. The highest BCUT2D eigenvalue weighted by atomic mass is 35.5. The summed E-state index contributed by atoms with van der Waals surface area (Å²) in [5.41, 5.74) is 6.81. The van der Waals surface area contributed by atoms with Crippen molar-refractivity contribution in [2.45, 2.75) is 25.0 Å². The van der Waals surface area contributed by atoms with Gasteiger partial charge >= 0.3 is 0 Å². The lowest BCUT2D eigenvalue weighted by Crippen LogP contribution is -2.45. The number of carbonyl (C=O) groups excluding carboxylic acids is 1. The number of nitrogens with two attached hydrogens (primary N) is 1. The van der Waals surface area contributed by atoms with E-state index in [2.05, 4.69) is 0 Å². The Hall–Kier alpha value is -2.04. The molecule has 4 nitrogen and oxygen atoms in total. The monoisotopic (exact) mass is 346 g/mol. The molecular weight excluding hydrogens is 324 g/mol. The molecule has 1 unspecified atom stereocenters. The van der Waals surface area contributed by atoms with Gasteiger partial charge in [-0.1, -0.05) is 48.5 Å². The number of hydrogen-bond donors (Lipinski definition) is 1. The van der Waals surface area contributed by atoms with E-state index in [1.807, 2.05) is 65.6 Å². The van der Waals surface area contributed by atoms with Gasteiger partial charge in [-0.3, -0.25) is 4.79 Å². The first-order chi connectivity index (χ1) is 11.2. The van der Waals surface area contributed by atoms with E-state index in [-0.39, 0.29) is 24.4 Å². The van der Waals surface area contributed by atoms with Gasteiger partial charge in [0.15, 0.2) is 0 Å². The second-order valence-electron chi connectivity index (χ2n) is 5.88. The van der Waals surface area contributed by atoms with E-state index < -0.39 is 6.10 Å². The minimum absolute atomic E-state index is 0. The van der Waals surface area contributed by atoms with E-state index in [0.717, 1.165) is 18.4 Å². The molecule has 128 valence electrons. The molecule has 3 rings (SSSR count). The van der Waals surface area contributed by atoms with Crippen LogP contribution in [0.1, 0.15) is 24.5 Å². The number of likely N-dealkylation sites (tertiary alicyclic amines) is 1. The standard InChI is InChI=1S/C19H22N2O2.ClH/c20-16-11-13-21(14-12-16)19(22)18(15-7-3-1-4-8-15)23-17-9-5-2-6-10-17;/h1-10,16,18H,11-14,20H2;1H. The average Bonchev–Trinajstić information content (AvgIpc) is 2.61. The smallest absolute Gasteiger partial charge is 0.268 e. The van der Waals surface area contributed by atoms with Crippen molar-refractivity contribution in [3.63, 3.8) is 0 Å². The van der Waals surface area contributed by atoms with Gasteiger partial charge in [-0.25, -0.2) is 0 Å². The number of halogens is 1. The summed E-state index contributed by atoms with van der Waals surface area (Å²) in [6.07, 6.45) is 1.07. The van der Waals surface area contributed by atoms with Crippen molar-refractivity contribution >= 4 is 18.3 Å². The van der Waals surface area contributed by atoms with E-state index in [4.69, 9.17) is 10.5 Å². The SMILES string of the molecule is Cl.NC1CCN(C(=O)C(Oc2ccccc2)c2ccccc2)CC1. The number of nitrogens with zero attached hydrogens (tertiary/aromatic N) is 1. The molecule has 0 saturated carbocycles. The maximum absolute atomic E-state index is 13.0. The van der Waals surface area contributed by atoms with Crippen molar-refractivity contribution in [2.75, 3.05) is 13.1 Å². The highest BCUT2D eigenvalue weighted by molar-refractivity contribution is 5.85. The highest BCUT2D eigenvalue weighted by Gasteiger charge is 2.30. The number of ether oxygens (including phenoxy) is 1. The van der Waals surface area contributed by atoms with Crippen molar-refractivity contribution in [2.24, 2.45) is 5.73 Å². The lowest BCUT2D eigenvalue weighted by molar-refractivity contribution is -0.140. The third kappa shape index (κ3) is 4.49. The normalized spacial score (nSPS) is 16.1. The zero-order valence-electron chi connectivity index (χ0n) is 13.5. The molecule has 1 fully saturated rings. The first-order valence-electron chi connectivity index (χ1n) is 8.05. The maximum Gasteiger partial charge on any atom is 0.268 e. The van der Waals surface area contributed by atoms with Crippen LogP contribution in [0.4, 0.5) is 0 Å². The van der Waals surface area contributed by atoms with Gasteiger partial charge in [-0.2, -0.15) is 0 Å². The molecule has 2 aromatic rings. The predicted molar refractivity (Wildman–Crippen MR) is 97.3 cm³/mol. The molecule has 1 amide bonds. The van der Waals surface area contributed by atoms with E-state index in [1.54, 1.807) is 0 Å². The van der Waals surface area contributed by atoms with Crippen LogP contribution in [0, 0.1) is 0 Å². The summed E-state index contributed by atoms with van der Waals surface area (Å²) in [4.78, 5) is 14.8. The van der Waals surface area contributed by atoms with Crippen LogP contribution in [0.25, 0.3) is 0 Å². The van der Waals surface area contributed by atoms with Crippen molar-refractivity contribution in [3.05, 3.63) is 66.2 Å². The highest BCUT2D eigenvalue weighted by Crippen LogP contribution is 2.25. The lowest BCUT2D eigenvalue weighted by atomic mass is 10.0. The third-order valence-electron chi connectivity index (χ3n) is 4.18. The summed E-state index contributed by atoms with van der Waals surface area (Å²) in [7, 11) is 0. The van der Waals surface area contributed by atoms with Crippen LogP contribution in [0.2, 0.25) is 0 Å². The Bertz CT molecular complexity index is 628. The Labute approximate surface area is 149 Å². The fraction of sp³-hybridized carbons (Fsp3) is 0.316. The molecule has 0 spiro atoms. The van der Waals surface area contributed by atoms with Gasteiger partial charge in [0.1, 0.15) is 5.75 Å². The van der Waals surface area contributed by atoms with Crippen molar-refractivity contribution in [3.8, 4) is 5.75 Å². The third-order valence-corrected chi connectivity index (χ3v) is 4.18. The number of piperidine rings is 1. The molecule has 1 aliphatic rings. The molecule has 0 aliphatic carbocycles. The molecule has 1 saturated heterocycles. The number of hydrogen-bond acceptors (Lipinski definition) is 3. The maximum atomic E-state index is 13.0. The van der Waals surface area contributed by atoms with Gasteiger partial charge in [0.2, 0.25) is 6.10 Å². The molecule has 0 radical (unpaired) electrons. The number of carbonyl (C=O) groups is 1. The molecule has 2 aromatic carbocycles. The minimum Gasteiger partial charge on any atom is -0.476 e. The Morgan fingerprint density at radius 2 is 1.54 bits per heavy atom. The number of amides is 1. The topological polar surface area (TPSA) is 55.6 Å². The zero-order chi connectivity index (χ0) is 16.1. The summed E-state index contributed by atoms with van der Waals surface area (Å²) in [6, 6.07) is 19.3. The first kappa shape index (κ1) is 18.3. The van der Waals surface area contributed by atoms with E-state index in [9.17, 15) is 4.79 Å². The van der Waals surface area contributed by atoms with Crippen LogP contribution < -0.4 is 10.5 Å². The zero-order valence-corrected chi connectivity index (χ0v) is 14.3. The molecule has 1 atom stereocenters. The van der Waals surface area contributed by atoms with E-state index >= 15 is 0 Å². The summed E-state index contributed by atoms with van der Waals surface area (Å²) in [5.74, 6) is 0.704. The van der Waals surface area contributed by atoms with Crippen molar-refractivity contribution in [1.29, 1.82) is 0 Å². The molecule has 2 N–H and O–H groups in total. The van der Waals surface area contributed by atoms with Crippen LogP contribution in [-0.2, 0) is 4.79 Å². The Morgan fingerprint density at radius 1 is 1.00 bits per heavy atom. The summed E-state index contributed by atoms with van der Waals surface area (Å²) in [5, 5.41) is 0. The molecule has 1 heterocycles. The summed E-state index contributed by atoms with van der Waals surface area (Å²) < 4.78 is 6.02. The van der Waals surface area contributed by atoms with Gasteiger partial charge in [0.25, 0.3) is 5.91 Å². The number of para-hydroxylation sites is 1. The summed E-state index contributed by atoms with van der Waals surface area (Å²) in [6.45, 7) is 1.39. The van der Waals surface area contributed by atoms with Crippen LogP contribution >= 0.6 is 12.4 Å². The van der Waals surface area contributed by atoms with E-state index in [1.165, 1.54) is 0 Å². The second-order valence-corrected chi connectivity index (χ2v) is 5.88. The molecule has 5 heteroatoms. The number of rotatable bonds is 4. The van der Waals surface area contributed by atoms with Gasteiger partial charge in [-0.05, 0) is 25.0 Å². The van der Waals surface area contributed by atoms with Crippen LogP contribution in [-0.4, -0.2) is 29.9 Å². The molecular formula is C19H23ClN2O2. The Morgan fingerprint density at radius 3 is 2.12 bits per heavy atom. The fourth-order valence-electron chi connectivity index (χ4n) is 2.81. The van der Waals surface area contributed by atoms with Gasteiger partial charge in [0, 0.05) is 24.7 Å². The predicted octanol–water partition coefficient (Wildman–Crippen LogP) is 3.18. The average molecular weight is 347 g/mol. The van der Waals surface area contributed by atoms with Crippen LogP contribution in [0.5, 0.6) is 5.75 Å². The molecule has 0 aromatic heterocycles. The van der Waals surface area contributed by atoms with Crippen molar-refractivity contribution in [1.82, 2.24) is 4.90 Å². The van der Waals surface area contributed by atoms with Crippen LogP contribution in [0.3, 0.4) is 0 Å². The first-order valence-corrected chi connectivity index (χ1v) is 8.05. The minimum atomic E-state index is -0.618. The lowest BCUT2D eigenvalue weighted by Gasteiger charge is -2.33. The van der Waals surface area contributed by atoms with Crippen LogP contribution in [0.15, 0.2) is 60.7 Å². The van der Waals surface area contributed by atoms with Gasteiger partial charge in [-0.15, -0.1) is 12.4 Å². The summed E-state index contributed by atoms with van der Waals surface area (Å²) >= 11 is 0. The quantitative estimate of drug-likeness (QED) is 0.925. The van der Waals surface area contributed by atoms with Gasteiger partial charge < -0.3 is 15.4 Å². The fourth-order valence-corrected chi connectivity index (χ4v) is 2.81. The molecule has 1 aliphatic heterocycles. The van der Waals surface area contributed by atoms with Crippen molar-refractivity contribution < 1.29 is 9.53 Å².